The van der Waals surface area contributed by atoms with E-state index in [1.54, 1.807) is 0 Å². The van der Waals surface area contributed by atoms with Crippen LogP contribution in [0.3, 0.4) is 0 Å². The number of unbranched alkanes of at least 4 members (excludes halogenated alkanes) is 2. The molecule has 0 spiro atoms. The van der Waals surface area contributed by atoms with Gasteiger partial charge >= 0.3 is 7.12 Å². The van der Waals surface area contributed by atoms with Crippen LogP contribution >= 0.6 is 15.9 Å². The first-order valence-electron chi connectivity index (χ1n) is 9.85. The van der Waals surface area contributed by atoms with E-state index in [4.69, 9.17) is 9.31 Å². The molecule has 1 fully saturated rings. The molecular weight excluding hydrogens is 375 g/mol. The van der Waals surface area contributed by atoms with Gasteiger partial charge in [-0.3, -0.25) is 0 Å². The maximum atomic E-state index is 6.35. The lowest BCUT2D eigenvalue weighted by molar-refractivity contribution is 0.00578. The second kappa shape index (κ2) is 9.06. The number of halogens is 1. The van der Waals surface area contributed by atoms with Crippen molar-refractivity contribution < 1.29 is 9.31 Å². The first kappa shape index (κ1) is 21.0. The lowest BCUT2D eigenvalue weighted by Gasteiger charge is -2.32. The predicted molar refractivity (Wildman–Crippen MR) is 111 cm³/mol. The van der Waals surface area contributed by atoms with Crippen molar-refractivity contribution in [2.45, 2.75) is 96.6 Å². The number of rotatable bonds is 9. The van der Waals surface area contributed by atoms with Crippen molar-refractivity contribution in [2.75, 3.05) is 0 Å². The monoisotopic (exact) mass is 408 g/mol. The van der Waals surface area contributed by atoms with Crippen molar-refractivity contribution in [3.8, 4) is 0 Å². The molecule has 2 nitrogen and oxygen atoms in total. The molecule has 0 unspecified atom stereocenters. The average Bonchev–Trinajstić information content (AvgIpc) is 2.76. The molecule has 25 heavy (non-hydrogen) atoms. The normalized spacial score (nSPS) is 20.0. The predicted octanol–water partition coefficient (Wildman–Crippen LogP) is 6.81. The van der Waals surface area contributed by atoms with E-state index in [1.807, 2.05) is 0 Å². The Morgan fingerprint density at radius 3 is 2.04 bits per heavy atom. The first-order valence-corrected chi connectivity index (χ1v) is 10.6. The molecule has 0 radical (unpaired) electrons. The van der Waals surface area contributed by atoms with Crippen molar-refractivity contribution in [1.29, 1.82) is 0 Å². The molecule has 1 saturated heterocycles. The molecule has 2 rings (SSSR count). The third-order valence-corrected chi connectivity index (χ3v) is 6.32. The summed E-state index contributed by atoms with van der Waals surface area (Å²) >= 11 is 3.50. The van der Waals surface area contributed by atoms with Gasteiger partial charge in [-0.15, -0.1) is 0 Å². The summed E-state index contributed by atoms with van der Waals surface area (Å²) in [5, 5.41) is 0. The lowest BCUT2D eigenvalue weighted by Crippen LogP contribution is -2.41. The minimum Gasteiger partial charge on any atom is -0.403 e. The molecule has 4 heteroatoms. The van der Waals surface area contributed by atoms with Gasteiger partial charge < -0.3 is 9.31 Å². The van der Waals surface area contributed by atoms with Crippen LogP contribution in [0.4, 0.5) is 0 Å². The van der Waals surface area contributed by atoms with Crippen LogP contribution < -0.4 is 0 Å². The number of hydrogen-bond donors (Lipinski definition) is 0. The Labute approximate surface area is 163 Å². The SMILES string of the molecule is CCCCC[C@@H](CCCc1ccc(Br)cc1)B1OC(C)(C)C(C)(C)O1. The van der Waals surface area contributed by atoms with E-state index in [1.165, 1.54) is 37.7 Å². The van der Waals surface area contributed by atoms with Crippen molar-refractivity contribution in [3.05, 3.63) is 34.3 Å². The fraction of sp³-hybridized carbons (Fsp3) is 0.714. The van der Waals surface area contributed by atoms with Crippen LogP contribution in [0.5, 0.6) is 0 Å². The highest BCUT2D eigenvalue weighted by atomic mass is 79.9. The summed E-state index contributed by atoms with van der Waals surface area (Å²) in [5.41, 5.74) is 0.947. The van der Waals surface area contributed by atoms with E-state index < -0.39 is 0 Å². The highest BCUT2D eigenvalue weighted by molar-refractivity contribution is 9.10. The van der Waals surface area contributed by atoms with E-state index in [9.17, 15) is 0 Å². The summed E-state index contributed by atoms with van der Waals surface area (Å²) in [6.45, 7) is 10.9. The Bertz CT molecular complexity index is 511. The van der Waals surface area contributed by atoms with Crippen LogP contribution in [-0.2, 0) is 15.7 Å². The molecule has 1 aliphatic rings. The Morgan fingerprint density at radius 2 is 1.48 bits per heavy atom. The molecule has 0 aromatic heterocycles. The van der Waals surface area contributed by atoms with Crippen LogP contribution in [0.1, 0.15) is 78.7 Å². The molecular formula is C21H34BBrO2. The maximum Gasteiger partial charge on any atom is 0.461 e. The summed E-state index contributed by atoms with van der Waals surface area (Å²) < 4.78 is 13.8. The van der Waals surface area contributed by atoms with Gasteiger partial charge in [-0.1, -0.05) is 67.1 Å². The molecule has 1 heterocycles. The number of benzene rings is 1. The van der Waals surface area contributed by atoms with Crippen molar-refractivity contribution in [1.82, 2.24) is 0 Å². The van der Waals surface area contributed by atoms with E-state index in [2.05, 4.69) is 74.8 Å². The number of hydrogen-bond acceptors (Lipinski definition) is 2. The molecule has 0 saturated carbocycles. The van der Waals surface area contributed by atoms with Crippen LogP contribution in [0.15, 0.2) is 28.7 Å². The van der Waals surface area contributed by atoms with Gasteiger partial charge in [-0.25, -0.2) is 0 Å². The quantitative estimate of drug-likeness (QED) is 0.329. The largest absolute Gasteiger partial charge is 0.461 e. The smallest absolute Gasteiger partial charge is 0.403 e. The van der Waals surface area contributed by atoms with Gasteiger partial charge in [0.05, 0.1) is 11.2 Å². The van der Waals surface area contributed by atoms with E-state index in [-0.39, 0.29) is 18.3 Å². The Morgan fingerprint density at radius 1 is 0.920 bits per heavy atom. The topological polar surface area (TPSA) is 18.5 Å². The van der Waals surface area contributed by atoms with Crippen molar-refractivity contribution in [3.63, 3.8) is 0 Å². The molecule has 0 N–H and O–H groups in total. The molecule has 0 bridgehead atoms. The third kappa shape index (κ3) is 5.84. The molecule has 1 atom stereocenters. The zero-order chi connectivity index (χ0) is 18.5. The highest BCUT2D eigenvalue weighted by Gasteiger charge is 2.53. The third-order valence-electron chi connectivity index (χ3n) is 5.79. The average molecular weight is 409 g/mol. The lowest BCUT2D eigenvalue weighted by atomic mass is 9.66. The first-order chi connectivity index (χ1) is 11.7. The van der Waals surface area contributed by atoms with Crippen molar-refractivity contribution >= 4 is 23.0 Å². The molecule has 0 amide bonds. The van der Waals surface area contributed by atoms with Gasteiger partial charge in [0, 0.05) is 4.47 Å². The molecule has 1 aliphatic heterocycles. The molecule has 1 aromatic rings. The van der Waals surface area contributed by atoms with E-state index >= 15 is 0 Å². The zero-order valence-electron chi connectivity index (χ0n) is 16.6. The number of aryl methyl sites for hydroxylation is 1. The van der Waals surface area contributed by atoms with Crippen molar-refractivity contribution in [2.24, 2.45) is 0 Å². The minimum absolute atomic E-state index is 0.0632. The van der Waals surface area contributed by atoms with Crippen LogP contribution in [0.25, 0.3) is 0 Å². The molecule has 0 aliphatic carbocycles. The second-order valence-corrected chi connectivity index (χ2v) is 9.31. The Balaban J connectivity index is 1.92. The Hall–Kier alpha value is -0.315. The Kier molecular flexibility index (Phi) is 7.60. The van der Waals surface area contributed by atoms with Gasteiger partial charge in [-0.2, -0.15) is 0 Å². The highest BCUT2D eigenvalue weighted by Crippen LogP contribution is 2.42. The van der Waals surface area contributed by atoms with Gasteiger partial charge in [0.25, 0.3) is 0 Å². The second-order valence-electron chi connectivity index (χ2n) is 8.40. The summed E-state index contributed by atoms with van der Waals surface area (Å²) in [7, 11) is -0.0632. The van der Waals surface area contributed by atoms with Gasteiger partial charge in [0.2, 0.25) is 0 Å². The molecule has 1 aromatic carbocycles. The zero-order valence-corrected chi connectivity index (χ0v) is 18.2. The van der Waals surface area contributed by atoms with Crippen LogP contribution in [0.2, 0.25) is 5.82 Å². The standard InChI is InChI=1S/C21H34BBrO2/c1-6-7-8-11-18(22-24-20(2,3)21(4,5)25-22)12-9-10-17-13-15-19(23)16-14-17/h13-16,18H,6-12H2,1-5H3/t18-/m0/s1. The summed E-state index contributed by atoms with van der Waals surface area (Å²) in [6, 6.07) is 8.68. The fourth-order valence-electron chi connectivity index (χ4n) is 3.37. The fourth-order valence-corrected chi connectivity index (χ4v) is 3.64. The van der Waals surface area contributed by atoms with E-state index in [0.29, 0.717) is 5.82 Å². The summed E-state index contributed by atoms with van der Waals surface area (Å²) in [6.07, 6.45) is 8.49. The van der Waals surface area contributed by atoms with Crippen LogP contribution in [-0.4, -0.2) is 18.3 Å². The summed E-state index contributed by atoms with van der Waals surface area (Å²) in [5.74, 6) is 0.489. The van der Waals surface area contributed by atoms with Gasteiger partial charge in [-0.05, 0) is 64.1 Å². The van der Waals surface area contributed by atoms with Crippen LogP contribution in [0, 0.1) is 0 Å². The van der Waals surface area contributed by atoms with Gasteiger partial charge in [0.1, 0.15) is 0 Å². The minimum atomic E-state index is -0.230. The summed E-state index contributed by atoms with van der Waals surface area (Å²) in [4.78, 5) is 0. The maximum absolute atomic E-state index is 6.35. The van der Waals surface area contributed by atoms with E-state index in [0.717, 1.165) is 17.3 Å². The van der Waals surface area contributed by atoms with Gasteiger partial charge in [0.15, 0.2) is 0 Å². The molecule has 140 valence electrons.